The normalized spacial score (nSPS) is 16.7. The van der Waals surface area contributed by atoms with Gasteiger partial charge in [-0.05, 0) is 57.0 Å². The smallest absolute Gasteiger partial charge is 0.233 e. The van der Waals surface area contributed by atoms with Crippen LogP contribution in [-0.4, -0.2) is 44.2 Å². The molecule has 154 valence electrons. The number of nitrogens with zero attached hydrogens (tertiary/aromatic N) is 4. The van der Waals surface area contributed by atoms with Crippen molar-refractivity contribution in [3.8, 4) is 5.69 Å². The fourth-order valence-electron chi connectivity index (χ4n) is 4.59. The van der Waals surface area contributed by atoms with Crippen LogP contribution < -0.4 is 5.32 Å². The third-order valence-electron chi connectivity index (χ3n) is 6.03. The molecular formula is C23H25N5OS. The zero-order valence-electron chi connectivity index (χ0n) is 17.3. The molecule has 30 heavy (non-hydrogen) atoms. The number of amides is 1. The number of para-hydroxylation sites is 2. The highest BCUT2D eigenvalue weighted by Crippen LogP contribution is 2.43. The van der Waals surface area contributed by atoms with E-state index in [0.29, 0.717) is 10.9 Å². The molecule has 6 nitrogen and oxygen atoms in total. The van der Waals surface area contributed by atoms with Crippen molar-refractivity contribution in [2.24, 2.45) is 0 Å². The molecule has 1 spiro atoms. The molecule has 1 saturated heterocycles. The number of rotatable bonds is 3. The first kappa shape index (κ1) is 19.2. The molecule has 1 N–H and O–H groups in total. The van der Waals surface area contributed by atoms with Gasteiger partial charge >= 0.3 is 0 Å². The van der Waals surface area contributed by atoms with E-state index in [2.05, 4.69) is 62.4 Å². The molecule has 3 aromatic rings. The Morgan fingerprint density at radius 2 is 1.83 bits per heavy atom. The number of fused-ring (bicyclic) bond motifs is 4. The number of hydrogen-bond donors (Lipinski definition) is 1. The van der Waals surface area contributed by atoms with Crippen molar-refractivity contribution in [2.75, 3.05) is 24.2 Å². The average Bonchev–Trinajstić information content (AvgIpc) is 3.23. The van der Waals surface area contributed by atoms with Gasteiger partial charge in [0.2, 0.25) is 5.91 Å². The van der Waals surface area contributed by atoms with Gasteiger partial charge in [-0.2, -0.15) is 0 Å². The number of aromatic nitrogens is 3. The van der Waals surface area contributed by atoms with Crippen LogP contribution in [0.1, 0.15) is 29.9 Å². The molecular weight excluding hydrogens is 394 g/mol. The van der Waals surface area contributed by atoms with Crippen LogP contribution in [0.5, 0.6) is 0 Å². The molecule has 0 aliphatic carbocycles. The van der Waals surface area contributed by atoms with Crippen LogP contribution >= 0.6 is 11.8 Å². The minimum absolute atomic E-state index is 0.126. The third kappa shape index (κ3) is 3.37. The molecule has 0 saturated carbocycles. The van der Waals surface area contributed by atoms with E-state index >= 15 is 0 Å². The number of carbonyl (C=O) groups is 1. The summed E-state index contributed by atoms with van der Waals surface area (Å²) in [6, 6.07) is 14.7. The summed E-state index contributed by atoms with van der Waals surface area (Å²) >= 11 is 1.43. The van der Waals surface area contributed by atoms with Gasteiger partial charge in [0.25, 0.3) is 0 Å². The highest BCUT2D eigenvalue weighted by molar-refractivity contribution is 7.99. The SMILES string of the molecule is Cc1cc(C)nc(SCC(=O)N2CCC3(CC2)Nc2ccccc2-n2cccc23)n1. The Hall–Kier alpha value is -2.80. The van der Waals surface area contributed by atoms with Gasteiger partial charge in [-0.1, -0.05) is 23.9 Å². The summed E-state index contributed by atoms with van der Waals surface area (Å²) in [5.74, 6) is 0.534. The number of nitrogens with one attached hydrogen (secondary N) is 1. The van der Waals surface area contributed by atoms with Crippen molar-refractivity contribution in [1.29, 1.82) is 0 Å². The van der Waals surface area contributed by atoms with Crippen LogP contribution in [-0.2, 0) is 10.3 Å². The predicted molar refractivity (Wildman–Crippen MR) is 119 cm³/mol. The molecule has 4 heterocycles. The van der Waals surface area contributed by atoms with Crippen LogP contribution in [0, 0.1) is 13.8 Å². The van der Waals surface area contributed by atoms with Crippen LogP contribution in [0.15, 0.2) is 53.8 Å². The van der Waals surface area contributed by atoms with Gasteiger partial charge in [0.1, 0.15) is 0 Å². The fourth-order valence-corrected chi connectivity index (χ4v) is 5.44. The Kier molecular flexibility index (Phi) is 4.77. The number of aryl methyl sites for hydroxylation is 2. The summed E-state index contributed by atoms with van der Waals surface area (Å²) in [5, 5.41) is 4.48. The van der Waals surface area contributed by atoms with Crippen LogP contribution in [0.2, 0.25) is 0 Å². The summed E-state index contributed by atoms with van der Waals surface area (Å²) in [7, 11) is 0. The predicted octanol–water partition coefficient (Wildman–Crippen LogP) is 3.92. The number of thioether (sulfide) groups is 1. The van der Waals surface area contributed by atoms with Crippen molar-refractivity contribution in [2.45, 2.75) is 37.4 Å². The molecule has 0 unspecified atom stereocenters. The standard InChI is InChI=1S/C23H25N5OS/c1-16-14-17(2)25-22(24-16)30-15-21(29)27-12-9-23(10-13-27)20-8-5-11-28(20)19-7-4-3-6-18(19)26-23/h3-8,11,14,26H,9-10,12-13,15H2,1-2H3. The minimum Gasteiger partial charge on any atom is -0.372 e. The Morgan fingerprint density at radius 1 is 1.10 bits per heavy atom. The fraction of sp³-hybridized carbons (Fsp3) is 0.348. The number of piperidine rings is 1. The van der Waals surface area contributed by atoms with Gasteiger partial charge in [-0.3, -0.25) is 4.79 Å². The summed E-state index contributed by atoms with van der Waals surface area (Å²) in [6.07, 6.45) is 3.92. The Labute approximate surface area is 180 Å². The van der Waals surface area contributed by atoms with E-state index in [-0.39, 0.29) is 11.4 Å². The number of carbonyl (C=O) groups excluding carboxylic acids is 1. The largest absolute Gasteiger partial charge is 0.372 e. The van der Waals surface area contributed by atoms with Gasteiger partial charge in [0.15, 0.2) is 5.16 Å². The van der Waals surface area contributed by atoms with Gasteiger partial charge < -0.3 is 14.8 Å². The van der Waals surface area contributed by atoms with Crippen LogP contribution in [0.25, 0.3) is 5.69 Å². The van der Waals surface area contributed by atoms with E-state index in [9.17, 15) is 4.79 Å². The average molecular weight is 420 g/mol. The zero-order valence-corrected chi connectivity index (χ0v) is 18.1. The maximum Gasteiger partial charge on any atom is 0.233 e. The second-order valence-corrected chi connectivity index (χ2v) is 9.03. The van der Waals surface area contributed by atoms with E-state index < -0.39 is 0 Å². The molecule has 1 amide bonds. The molecule has 0 radical (unpaired) electrons. The Balaban J connectivity index is 1.27. The van der Waals surface area contributed by atoms with Crippen molar-refractivity contribution < 1.29 is 4.79 Å². The lowest BCUT2D eigenvalue weighted by molar-refractivity contribution is -0.129. The van der Waals surface area contributed by atoms with Crippen molar-refractivity contribution in [1.82, 2.24) is 19.4 Å². The summed E-state index contributed by atoms with van der Waals surface area (Å²) < 4.78 is 2.29. The quantitative estimate of drug-likeness (QED) is 0.515. The first-order valence-electron chi connectivity index (χ1n) is 10.3. The monoisotopic (exact) mass is 419 g/mol. The molecule has 2 aromatic heterocycles. The van der Waals surface area contributed by atoms with Crippen molar-refractivity contribution in [3.05, 3.63) is 65.7 Å². The Morgan fingerprint density at radius 3 is 2.60 bits per heavy atom. The molecule has 0 bridgehead atoms. The topological polar surface area (TPSA) is 63.1 Å². The van der Waals surface area contributed by atoms with Gasteiger partial charge in [-0.15, -0.1) is 0 Å². The number of hydrogen-bond acceptors (Lipinski definition) is 5. The number of likely N-dealkylation sites (tertiary alicyclic amines) is 1. The minimum atomic E-state index is -0.126. The van der Waals surface area contributed by atoms with Crippen LogP contribution in [0.3, 0.4) is 0 Å². The molecule has 0 atom stereocenters. The molecule has 1 aromatic carbocycles. The highest BCUT2D eigenvalue weighted by atomic mass is 32.2. The Bertz CT molecular complexity index is 1080. The molecule has 2 aliphatic heterocycles. The van der Waals surface area contributed by atoms with Crippen molar-refractivity contribution >= 4 is 23.4 Å². The van der Waals surface area contributed by atoms with Gasteiger partial charge in [-0.25, -0.2) is 9.97 Å². The first-order valence-corrected chi connectivity index (χ1v) is 11.3. The molecule has 5 rings (SSSR count). The second kappa shape index (κ2) is 7.47. The summed E-state index contributed by atoms with van der Waals surface area (Å²) in [5.41, 5.74) is 5.37. The molecule has 2 aliphatic rings. The summed E-state index contributed by atoms with van der Waals surface area (Å²) in [6.45, 7) is 5.40. The number of anilines is 1. The molecule has 1 fully saturated rings. The first-order chi connectivity index (χ1) is 14.5. The summed E-state index contributed by atoms with van der Waals surface area (Å²) in [4.78, 5) is 23.7. The highest BCUT2D eigenvalue weighted by Gasteiger charge is 2.42. The van der Waals surface area contributed by atoms with E-state index in [1.807, 2.05) is 24.8 Å². The van der Waals surface area contributed by atoms with Gasteiger partial charge in [0, 0.05) is 36.4 Å². The van der Waals surface area contributed by atoms with E-state index in [1.165, 1.54) is 23.1 Å². The maximum absolute atomic E-state index is 12.8. The van der Waals surface area contributed by atoms with Gasteiger partial charge in [0.05, 0.1) is 22.7 Å². The lowest BCUT2D eigenvalue weighted by Crippen LogP contribution is -2.51. The zero-order chi connectivity index (χ0) is 20.7. The molecule has 7 heteroatoms. The lowest BCUT2D eigenvalue weighted by Gasteiger charge is -2.46. The maximum atomic E-state index is 12.8. The van der Waals surface area contributed by atoms with E-state index in [1.54, 1.807) is 0 Å². The van der Waals surface area contributed by atoms with Crippen LogP contribution in [0.4, 0.5) is 5.69 Å². The van der Waals surface area contributed by atoms with E-state index in [0.717, 1.165) is 43.0 Å². The van der Waals surface area contributed by atoms with E-state index in [4.69, 9.17) is 0 Å². The van der Waals surface area contributed by atoms with Crippen molar-refractivity contribution in [3.63, 3.8) is 0 Å². The third-order valence-corrected chi connectivity index (χ3v) is 6.86. The lowest BCUT2D eigenvalue weighted by atomic mass is 9.82. The second-order valence-electron chi connectivity index (χ2n) is 8.09. The number of benzene rings is 1.